The van der Waals surface area contributed by atoms with Crippen molar-refractivity contribution in [2.45, 2.75) is 0 Å². The normalized spacial score (nSPS) is 11.2. The van der Waals surface area contributed by atoms with Gasteiger partial charge in [-0.05, 0) is 36.4 Å². The third-order valence-corrected chi connectivity index (χ3v) is 7.63. The average Bonchev–Trinajstić information content (AvgIpc) is 3.10. The highest BCUT2D eigenvalue weighted by molar-refractivity contribution is 5.96. The van der Waals surface area contributed by atoms with Gasteiger partial charge in [0.15, 0.2) is 0 Å². The van der Waals surface area contributed by atoms with Gasteiger partial charge in [-0.3, -0.25) is 19.3 Å². The Morgan fingerprint density at radius 2 is 0.739 bits per heavy atom. The maximum atomic E-state index is 12.9. The zero-order valence-corrected chi connectivity index (χ0v) is 25.1. The molecule has 3 N–H and O–H groups in total. The van der Waals surface area contributed by atoms with E-state index in [9.17, 15) is 14.4 Å². The largest absolute Gasteiger partial charge is 0.349 e. The van der Waals surface area contributed by atoms with E-state index in [-0.39, 0.29) is 17.7 Å². The lowest BCUT2D eigenvalue weighted by Crippen LogP contribution is -2.43. The van der Waals surface area contributed by atoms with Crippen LogP contribution in [0.2, 0.25) is 0 Å². The fourth-order valence-corrected chi connectivity index (χ4v) is 5.17. The molecule has 3 amide bonds. The van der Waals surface area contributed by atoms with Crippen LogP contribution >= 0.6 is 0 Å². The lowest BCUT2D eigenvalue weighted by atomic mass is 10.2. The number of aromatic nitrogens is 3. The predicted octanol–water partition coefficient (Wildman–Crippen LogP) is 4.22. The van der Waals surface area contributed by atoms with E-state index in [2.05, 4.69) is 35.8 Å². The van der Waals surface area contributed by atoms with Crippen LogP contribution in [0.5, 0.6) is 0 Å². The van der Waals surface area contributed by atoms with Gasteiger partial charge in [0.1, 0.15) is 17.1 Å². The van der Waals surface area contributed by atoms with Gasteiger partial charge in [-0.1, -0.05) is 72.8 Å². The zero-order valence-electron chi connectivity index (χ0n) is 25.1. The summed E-state index contributed by atoms with van der Waals surface area (Å²) in [5.41, 5.74) is 3.29. The van der Waals surface area contributed by atoms with Crippen LogP contribution in [0.25, 0.3) is 32.7 Å². The van der Waals surface area contributed by atoms with Crippen LogP contribution in [0, 0.1) is 0 Å². The number of amides is 3. The van der Waals surface area contributed by atoms with Crippen LogP contribution in [0.4, 0.5) is 0 Å². The molecule has 230 valence electrons. The minimum Gasteiger partial charge on any atom is -0.349 e. The van der Waals surface area contributed by atoms with Gasteiger partial charge in [-0.15, -0.1) is 0 Å². The minimum atomic E-state index is -0.267. The molecule has 0 aliphatic carbocycles. The lowest BCUT2D eigenvalue weighted by Gasteiger charge is -2.23. The minimum absolute atomic E-state index is 0.267. The van der Waals surface area contributed by atoms with Crippen molar-refractivity contribution in [2.75, 3.05) is 39.3 Å². The summed E-state index contributed by atoms with van der Waals surface area (Å²) in [7, 11) is 0. The Morgan fingerprint density at radius 3 is 1.07 bits per heavy atom. The highest BCUT2D eigenvalue weighted by Gasteiger charge is 2.13. The molecule has 0 saturated heterocycles. The number of pyridine rings is 3. The summed E-state index contributed by atoms with van der Waals surface area (Å²) in [5.74, 6) is -0.800. The van der Waals surface area contributed by atoms with Crippen molar-refractivity contribution in [1.29, 1.82) is 0 Å². The van der Waals surface area contributed by atoms with Crippen molar-refractivity contribution < 1.29 is 14.4 Å². The van der Waals surface area contributed by atoms with Gasteiger partial charge < -0.3 is 16.0 Å². The highest BCUT2D eigenvalue weighted by Crippen LogP contribution is 2.14. The molecule has 0 fully saturated rings. The first-order valence-corrected chi connectivity index (χ1v) is 15.2. The summed E-state index contributed by atoms with van der Waals surface area (Å²) in [6, 6.07) is 33.7. The number of rotatable bonds is 12. The zero-order chi connectivity index (χ0) is 31.7. The molecule has 10 nitrogen and oxygen atoms in total. The molecule has 0 saturated carbocycles. The van der Waals surface area contributed by atoms with Crippen molar-refractivity contribution in [3.63, 3.8) is 0 Å². The van der Waals surface area contributed by atoms with Gasteiger partial charge in [0.2, 0.25) is 0 Å². The van der Waals surface area contributed by atoms with Gasteiger partial charge >= 0.3 is 0 Å². The van der Waals surface area contributed by atoms with E-state index in [1.165, 1.54) is 0 Å². The number of nitrogens with zero attached hydrogens (tertiary/aromatic N) is 4. The van der Waals surface area contributed by atoms with E-state index in [0.29, 0.717) is 56.4 Å². The standard InChI is InChI=1S/C36H33N7O3/c44-34(31-16-13-25-7-1-4-10-28(25)40-31)37-19-22-43(23-20-38-35(45)32-17-14-26-8-2-5-11-29(26)41-32)24-21-39-36(46)33-18-15-27-9-3-6-12-30(27)42-33/h1-18H,19-24H2,(H,37,44)(H,38,45)(H,39,46). The van der Waals surface area contributed by atoms with E-state index in [1.807, 2.05) is 91.0 Å². The molecule has 46 heavy (non-hydrogen) atoms. The first-order chi connectivity index (χ1) is 22.5. The Labute approximate surface area is 265 Å². The maximum absolute atomic E-state index is 12.9. The summed E-state index contributed by atoms with van der Waals surface area (Å²) >= 11 is 0. The van der Waals surface area contributed by atoms with Crippen LogP contribution in [0.3, 0.4) is 0 Å². The third kappa shape index (κ3) is 7.48. The van der Waals surface area contributed by atoms with E-state index in [1.54, 1.807) is 18.2 Å². The van der Waals surface area contributed by atoms with E-state index < -0.39 is 0 Å². The first kappa shape index (κ1) is 30.3. The van der Waals surface area contributed by atoms with Crippen molar-refractivity contribution in [3.8, 4) is 0 Å². The molecule has 0 aliphatic rings. The Bertz CT molecular complexity index is 1800. The molecule has 0 spiro atoms. The number of carbonyl (C=O) groups is 3. The van der Waals surface area contributed by atoms with Crippen molar-refractivity contribution in [3.05, 3.63) is 126 Å². The Hall–Kier alpha value is -5.74. The molecule has 10 heteroatoms. The predicted molar refractivity (Wildman–Crippen MR) is 179 cm³/mol. The fourth-order valence-electron chi connectivity index (χ4n) is 5.17. The number of hydrogen-bond donors (Lipinski definition) is 3. The molecule has 0 unspecified atom stereocenters. The summed E-state index contributed by atoms with van der Waals surface area (Å²) < 4.78 is 0. The van der Waals surface area contributed by atoms with Gasteiger partial charge in [-0.2, -0.15) is 0 Å². The summed E-state index contributed by atoms with van der Waals surface area (Å²) in [6.45, 7) is 2.55. The van der Waals surface area contributed by atoms with Crippen LogP contribution in [-0.2, 0) is 0 Å². The third-order valence-electron chi connectivity index (χ3n) is 7.63. The Kier molecular flexibility index (Phi) is 9.46. The molecule has 0 aliphatic heterocycles. The molecule has 0 radical (unpaired) electrons. The molecule has 6 aromatic rings. The first-order valence-electron chi connectivity index (χ1n) is 15.2. The quantitative estimate of drug-likeness (QED) is 0.189. The maximum Gasteiger partial charge on any atom is 0.269 e. The highest BCUT2D eigenvalue weighted by atomic mass is 16.2. The fraction of sp³-hybridized carbons (Fsp3) is 0.167. The SMILES string of the molecule is O=C(NCCN(CCNC(=O)c1ccc2ccccc2n1)CCNC(=O)c1ccc2ccccc2n1)c1ccc2ccccc2n1. The molecule has 0 bridgehead atoms. The number of carbonyl (C=O) groups excluding carboxylic acids is 3. The number of hydrogen-bond acceptors (Lipinski definition) is 7. The number of nitrogens with one attached hydrogen (secondary N) is 3. The van der Waals surface area contributed by atoms with Crippen molar-refractivity contribution in [2.24, 2.45) is 0 Å². The van der Waals surface area contributed by atoms with E-state index in [0.717, 1.165) is 32.7 Å². The summed E-state index contributed by atoms with van der Waals surface area (Å²) in [5, 5.41) is 11.7. The van der Waals surface area contributed by atoms with Crippen molar-refractivity contribution >= 4 is 50.4 Å². The molecule has 0 atom stereocenters. The van der Waals surface area contributed by atoms with E-state index >= 15 is 0 Å². The van der Waals surface area contributed by atoms with E-state index in [4.69, 9.17) is 0 Å². The molecule has 3 heterocycles. The molecular formula is C36H33N7O3. The van der Waals surface area contributed by atoms with Crippen LogP contribution in [-0.4, -0.2) is 76.8 Å². The monoisotopic (exact) mass is 611 g/mol. The lowest BCUT2D eigenvalue weighted by molar-refractivity contribution is 0.0944. The van der Waals surface area contributed by atoms with Crippen LogP contribution in [0.1, 0.15) is 31.5 Å². The second-order valence-corrected chi connectivity index (χ2v) is 10.8. The second kappa shape index (κ2) is 14.4. The summed E-state index contributed by atoms with van der Waals surface area (Å²) in [4.78, 5) is 54.1. The second-order valence-electron chi connectivity index (χ2n) is 10.8. The molecule has 3 aromatic heterocycles. The Morgan fingerprint density at radius 1 is 0.435 bits per heavy atom. The smallest absolute Gasteiger partial charge is 0.269 e. The number of fused-ring (bicyclic) bond motifs is 3. The number of benzene rings is 3. The number of para-hydroxylation sites is 3. The molecular weight excluding hydrogens is 578 g/mol. The average molecular weight is 612 g/mol. The summed E-state index contributed by atoms with van der Waals surface area (Å²) in [6.07, 6.45) is 0. The van der Waals surface area contributed by atoms with Crippen molar-refractivity contribution in [1.82, 2.24) is 35.8 Å². The Balaban J connectivity index is 1.05. The van der Waals surface area contributed by atoms with Gasteiger partial charge in [0.05, 0.1) is 16.6 Å². The van der Waals surface area contributed by atoms with Gasteiger partial charge in [0, 0.05) is 55.4 Å². The van der Waals surface area contributed by atoms with Crippen LogP contribution < -0.4 is 16.0 Å². The van der Waals surface area contributed by atoms with Gasteiger partial charge in [0.25, 0.3) is 17.7 Å². The van der Waals surface area contributed by atoms with Crippen LogP contribution in [0.15, 0.2) is 109 Å². The van der Waals surface area contributed by atoms with Gasteiger partial charge in [-0.25, -0.2) is 15.0 Å². The molecule has 6 rings (SSSR count). The topological polar surface area (TPSA) is 129 Å². The molecule has 3 aromatic carbocycles.